The van der Waals surface area contributed by atoms with Crippen LogP contribution in [0.2, 0.25) is 0 Å². The van der Waals surface area contributed by atoms with E-state index in [0.29, 0.717) is 18.8 Å². The summed E-state index contributed by atoms with van der Waals surface area (Å²) < 4.78 is 6.61. The molecule has 7 heteroatoms. The molecule has 22 heavy (non-hydrogen) atoms. The summed E-state index contributed by atoms with van der Waals surface area (Å²) in [7, 11) is 1.42. The van der Waals surface area contributed by atoms with Crippen molar-refractivity contribution >= 4 is 18.1 Å². The number of hydrogen-bond acceptors (Lipinski definition) is 6. The summed E-state index contributed by atoms with van der Waals surface area (Å²) in [6.45, 7) is 1.19. The van der Waals surface area contributed by atoms with Gasteiger partial charge in [-0.2, -0.15) is 0 Å². The maximum atomic E-state index is 11.0. The molecule has 2 rings (SSSR count). The first kappa shape index (κ1) is 16.5. The van der Waals surface area contributed by atoms with E-state index in [-0.39, 0.29) is 5.97 Å². The molecule has 0 bridgehead atoms. The number of aliphatic hydroxyl groups excluding tert-OH is 1. The van der Waals surface area contributed by atoms with E-state index in [4.69, 9.17) is 0 Å². The van der Waals surface area contributed by atoms with Crippen LogP contribution in [0.4, 0.5) is 5.82 Å². The number of anilines is 1. The molecule has 1 aliphatic rings. The minimum atomic E-state index is -0.608. The monoisotopic (exact) mass is 308 g/mol. The van der Waals surface area contributed by atoms with Crippen molar-refractivity contribution in [2.75, 3.05) is 19.0 Å². The van der Waals surface area contributed by atoms with Gasteiger partial charge < -0.3 is 19.7 Å². The van der Waals surface area contributed by atoms with E-state index < -0.39 is 6.10 Å². The molecule has 0 saturated heterocycles. The number of aryl methyl sites for hydroxylation is 1. The summed E-state index contributed by atoms with van der Waals surface area (Å²) in [5.41, 5.74) is 0.809. The Hall–Kier alpha value is -1.89. The lowest BCUT2D eigenvalue weighted by Gasteiger charge is -2.12. The van der Waals surface area contributed by atoms with Crippen molar-refractivity contribution in [3.63, 3.8) is 0 Å². The fourth-order valence-corrected chi connectivity index (χ4v) is 2.56. The number of aliphatic hydroxyl groups is 1. The first-order valence-electron chi connectivity index (χ1n) is 7.77. The van der Waals surface area contributed by atoms with Crippen LogP contribution in [0.1, 0.15) is 50.3 Å². The summed E-state index contributed by atoms with van der Waals surface area (Å²) in [5, 5.41) is 13.1. The van der Waals surface area contributed by atoms with E-state index in [0.717, 1.165) is 44.3 Å². The fraction of sp³-hybridized carbons (Fsp3) is 0.667. The third-order valence-corrected chi connectivity index (χ3v) is 3.77. The molecule has 2 N–H and O–H groups in total. The third-order valence-electron chi connectivity index (χ3n) is 3.77. The molecule has 7 nitrogen and oxygen atoms in total. The Morgan fingerprint density at radius 2 is 2.18 bits per heavy atom. The lowest BCUT2D eigenvalue weighted by atomic mass is 10.1. The molecule has 1 aromatic heterocycles. The first-order valence-corrected chi connectivity index (χ1v) is 7.77. The number of methoxy groups -OCH3 is 1. The van der Waals surface area contributed by atoms with Gasteiger partial charge in [0.1, 0.15) is 6.10 Å². The first-order chi connectivity index (χ1) is 10.7. The zero-order valence-corrected chi connectivity index (χ0v) is 13.0. The van der Waals surface area contributed by atoms with E-state index >= 15 is 0 Å². The van der Waals surface area contributed by atoms with Crippen LogP contribution in [0.25, 0.3) is 0 Å². The highest BCUT2D eigenvalue weighted by Gasteiger charge is 2.20. The average Bonchev–Trinajstić information content (AvgIpc) is 2.83. The molecular weight excluding hydrogens is 284 g/mol. The molecule has 1 aromatic rings. The van der Waals surface area contributed by atoms with E-state index in [1.165, 1.54) is 7.11 Å². The Morgan fingerprint density at radius 3 is 3.00 bits per heavy atom. The van der Waals surface area contributed by atoms with Crippen LogP contribution in [0, 0.1) is 0 Å². The lowest BCUT2D eigenvalue weighted by Crippen LogP contribution is -2.10. The smallest absolute Gasteiger partial charge is 0.305 e. The predicted molar refractivity (Wildman–Crippen MR) is 83.9 cm³/mol. The number of ether oxygens (including phenoxy) is 1. The van der Waals surface area contributed by atoms with Gasteiger partial charge in [-0.15, -0.1) is 0 Å². The second kappa shape index (κ2) is 8.53. The zero-order chi connectivity index (χ0) is 15.8. The van der Waals surface area contributed by atoms with Crippen molar-refractivity contribution < 1.29 is 14.6 Å². The maximum absolute atomic E-state index is 11.0. The van der Waals surface area contributed by atoms with Gasteiger partial charge in [-0.05, 0) is 12.8 Å². The molecule has 0 aromatic carbocycles. The van der Waals surface area contributed by atoms with Crippen LogP contribution >= 0.6 is 0 Å². The average molecular weight is 308 g/mol. The van der Waals surface area contributed by atoms with Gasteiger partial charge in [0.25, 0.3) is 0 Å². The van der Waals surface area contributed by atoms with Crippen LogP contribution in [0.15, 0.2) is 11.3 Å². The summed E-state index contributed by atoms with van der Waals surface area (Å²) in [6.07, 6.45) is 8.36. The molecule has 1 unspecified atom stereocenters. The van der Waals surface area contributed by atoms with Crippen molar-refractivity contribution in [3.8, 4) is 0 Å². The molecular formula is C15H24N4O3. The largest absolute Gasteiger partial charge is 0.469 e. The molecule has 1 atom stereocenters. The van der Waals surface area contributed by atoms with Crippen molar-refractivity contribution in [2.45, 2.75) is 51.2 Å². The molecule has 0 saturated carbocycles. The number of fused-ring (bicyclic) bond motifs is 1. The van der Waals surface area contributed by atoms with Crippen LogP contribution < -0.4 is 5.32 Å². The number of nitrogens with one attached hydrogen (secondary N) is 1. The number of esters is 1. The highest BCUT2D eigenvalue weighted by molar-refractivity contribution is 5.75. The fourth-order valence-electron chi connectivity index (χ4n) is 2.56. The Morgan fingerprint density at radius 1 is 1.41 bits per heavy atom. The number of imidazole rings is 1. The molecule has 1 aliphatic heterocycles. The van der Waals surface area contributed by atoms with Crippen LogP contribution in [0.3, 0.4) is 0 Å². The second-order valence-electron chi connectivity index (χ2n) is 5.42. The number of carbonyl (C=O) groups is 1. The second-order valence-corrected chi connectivity index (χ2v) is 5.42. The molecule has 2 heterocycles. The standard InChI is InChI=1S/C15H24N4O3/c1-22-13(21)7-5-3-2-4-6-8-19-11-18-15-14(19)12(20)9-16-10-17-15/h10-12,20H,2-9H2,1H3,(H,16,17). The van der Waals surface area contributed by atoms with E-state index in [2.05, 4.69) is 20.0 Å². The van der Waals surface area contributed by atoms with Gasteiger partial charge in [0.2, 0.25) is 0 Å². The number of hydrogen-bond donors (Lipinski definition) is 2. The number of aliphatic imine (C=N–C) groups is 1. The molecule has 0 amide bonds. The van der Waals surface area contributed by atoms with E-state index in [1.54, 1.807) is 12.7 Å². The minimum absolute atomic E-state index is 0.134. The number of rotatable bonds is 8. The van der Waals surface area contributed by atoms with Gasteiger partial charge in [-0.25, -0.2) is 4.98 Å². The lowest BCUT2D eigenvalue weighted by molar-refractivity contribution is -0.140. The minimum Gasteiger partial charge on any atom is -0.469 e. The normalized spacial score (nSPS) is 16.7. The van der Waals surface area contributed by atoms with E-state index in [9.17, 15) is 9.90 Å². The van der Waals surface area contributed by atoms with Crippen LogP contribution in [-0.2, 0) is 16.1 Å². The topological polar surface area (TPSA) is 88.7 Å². The van der Waals surface area contributed by atoms with Gasteiger partial charge in [0.15, 0.2) is 5.82 Å². The Kier molecular flexibility index (Phi) is 6.39. The summed E-state index contributed by atoms with van der Waals surface area (Å²) in [5.74, 6) is 0.552. The molecule has 122 valence electrons. The molecule has 0 radical (unpaired) electrons. The SMILES string of the molecule is COC(=O)CCCCCCCn1cnc2c1C(O)CN=CN2. The third kappa shape index (κ3) is 4.56. The maximum Gasteiger partial charge on any atom is 0.305 e. The summed E-state index contributed by atoms with van der Waals surface area (Å²) in [6, 6.07) is 0. The van der Waals surface area contributed by atoms with Crippen molar-refractivity contribution in [2.24, 2.45) is 4.99 Å². The van der Waals surface area contributed by atoms with Gasteiger partial charge in [0, 0.05) is 13.0 Å². The Balaban J connectivity index is 1.68. The van der Waals surface area contributed by atoms with Crippen LogP contribution in [0.5, 0.6) is 0 Å². The van der Waals surface area contributed by atoms with Crippen LogP contribution in [-0.4, -0.2) is 40.6 Å². The highest BCUT2D eigenvalue weighted by Crippen LogP contribution is 2.24. The molecule has 0 fully saturated rings. The van der Waals surface area contributed by atoms with Crippen molar-refractivity contribution in [3.05, 3.63) is 12.0 Å². The van der Waals surface area contributed by atoms with Gasteiger partial charge in [-0.3, -0.25) is 9.79 Å². The van der Waals surface area contributed by atoms with Crippen molar-refractivity contribution in [1.82, 2.24) is 9.55 Å². The number of unbranched alkanes of at least 4 members (excludes halogenated alkanes) is 4. The Labute approximate surface area is 130 Å². The number of aromatic nitrogens is 2. The number of nitrogens with zero attached hydrogens (tertiary/aromatic N) is 3. The quantitative estimate of drug-likeness (QED) is 0.565. The van der Waals surface area contributed by atoms with Crippen molar-refractivity contribution in [1.29, 1.82) is 0 Å². The zero-order valence-electron chi connectivity index (χ0n) is 13.0. The Bertz CT molecular complexity index is 513. The molecule has 0 aliphatic carbocycles. The van der Waals surface area contributed by atoms with E-state index in [1.807, 2.05) is 4.57 Å². The summed E-state index contributed by atoms with van der Waals surface area (Å²) in [4.78, 5) is 19.3. The summed E-state index contributed by atoms with van der Waals surface area (Å²) >= 11 is 0. The van der Waals surface area contributed by atoms with Gasteiger partial charge in [-0.1, -0.05) is 19.3 Å². The molecule has 0 spiro atoms. The number of carbonyl (C=O) groups excluding carboxylic acids is 1. The van der Waals surface area contributed by atoms with Gasteiger partial charge in [0.05, 0.1) is 32.0 Å². The van der Waals surface area contributed by atoms with Gasteiger partial charge >= 0.3 is 5.97 Å². The predicted octanol–water partition coefficient (Wildman–Crippen LogP) is 1.88. The highest BCUT2D eigenvalue weighted by atomic mass is 16.5.